The molecule has 2 aromatic rings. The number of nitrogens with zero attached hydrogens (tertiary/aromatic N) is 1. The second kappa shape index (κ2) is 10.8. The molecule has 0 amide bonds. The van der Waals surface area contributed by atoms with Crippen molar-refractivity contribution < 1.29 is 9.31 Å². The van der Waals surface area contributed by atoms with Gasteiger partial charge in [-0.2, -0.15) is 0 Å². The lowest BCUT2D eigenvalue weighted by Crippen LogP contribution is -2.34. The van der Waals surface area contributed by atoms with E-state index in [1.807, 2.05) is 60.0 Å². The van der Waals surface area contributed by atoms with Gasteiger partial charge in [0.15, 0.2) is 0 Å². The molecule has 1 aliphatic rings. The molecule has 130 valence electrons. The average Bonchev–Trinajstić information content (AvgIpc) is 3.17. The SMILES string of the molecule is CC.CC.CC.CC1OB(c2ccc3scnc3c2)OC1(C)C. The van der Waals surface area contributed by atoms with Crippen LogP contribution >= 0.6 is 11.3 Å². The normalized spacial score (nSPS) is 18.1. The van der Waals surface area contributed by atoms with Crippen molar-refractivity contribution in [3.63, 3.8) is 0 Å². The molecule has 1 unspecified atom stereocenters. The van der Waals surface area contributed by atoms with Gasteiger partial charge in [-0.1, -0.05) is 47.6 Å². The van der Waals surface area contributed by atoms with Crippen LogP contribution < -0.4 is 5.46 Å². The maximum Gasteiger partial charge on any atom is 0.494 e. The fraction of sp³-hybridized carbons (Fsp3) is 0.611. The second-order valence-corrected chi connectivity index (χ2v) is 5.80. The van der Waals surface area contributed by atoms with E-state index in [1.165, 1.54) is 4.70 Å². The number of thiazole rings is 1. The third kappa shape index (κ3) is 5.59. The van der Waals surface area contributed by atoms with E-state index in [0.29, 0.717) is 0 Å². The monoisotopic (exact) mass is 337 g/mol. The van der Waals surface area contributed by atoms with Gasteiger partial charge in [-0.05, 0) is 38.4 Å². The van der Waals surface area contributed by atoms with Gasteiger partial charge >= 0.3 is 7.12 Å². The summed E-state index contributed by atoms with van der Waals surface area (Å²) in [7, 11) is -0.272. The molecule has 1 aromatic heterocycles. The molecule has 0 saturated carbocycles. The van der Waals surface area contributed by atoms with Gasteiger partial charge in [0.05, 0.1) is 27.4 Å². The van der Waals surface area contributed by atoms with Crippen molar-refractivity contribution in [3.8, 4) is 0 Å². The van der Waals surface area contributed by atoms with Crippen molar-refractivity contribution in [2.75, 3.05) is 0 Å². The van der Waals surface area contributed by atoms with E-state index in [-0.39, 0.29) is 18.8 Å². The Bertz CT molecular complexity index is 557. The van der Waals surface area contributed by atoms with E-state index in [1.54, 1.807) is 11.3 Å². The number of benzene rings is 1. The number of hydrogen-bond donors (Lipinski definition) is 0. The lowest BCUT2D eigenvalue weighted by Gasteiger charge is -2.21. The zero-order valence-corrected chi connectivity index (χ0v) is 17.0. The molecule has 23 heavy (non-hydrogen) atoms. The topological polar surface area (TPSA) is 31.4 Å². The van der Waals surface area contributed by atoms with E-state index in [2.05, 4.69) is 31.0 Å². The summed E-state index contributed by atoms with van der Waals surface area (Å²) in [6, 6.07) is 6.18. The van der Waals surface area contributed by atoms with E-state index >= 15 is 0 Å². The van der Waals surface area contributed by atoms with Gasteiger partial charge in [0.25, 0.3) is 0 Å². The van der Waals surface area contributed by atoms with Crippen LogP contribution in [0, 0.1) is 0 Å². The Labute approximate surface area is 146 Å². The molecular weight excluding hydrogens is 305 g/mol. The Balaban J connectivity index is 0.000000728. The zero-order chi connectivity index (χ0) is 18.0. The van der Waals surface area contributed by atoms with Crippen LogP contribution in [0.1, 0.15) is 62.3 Å². The molecule has 2 heterocycles. The van der Waals surface area contributed by atoms with Crippen LogP contribution in [0.15, 0.2) is 23.7 Å². The summed E-state index contributed by atoms with van der Waals surface area (Å²) >= 11 is 1.65. The minimum absolute atomic E-state index is 0.0960. The zero-order valence-electron chi connectivity index (χ0n) is 16.1. The van der Waals surface area contributed by atoms with E-state index in [9.17, 15) is 0 Å². The molecule has 1 saturated heterocycles. The first-order valence-corrected chi connectivity index (χ1v) is 9.61. The molecule has 5 heteroatoms. The fourth-order valence-electron chi connectivity index (χ4n) is 1.92. The van der Waals surface area contributed by atoms with Gasteiger partial charge in [0.1, 0.15) is 0 Å². The highest BCUT2D eigenvalue weighted by Gasteiger charge is 2.43. The molecule has 1 aromatic carbocycles. The molecule has 1 atom stereocenters. The molecule has 0 radical (unpaired) electrons. The van der Waals surface area contributed by atoms with Crippen molar-refractivity contribution in [2.24, 2.45) is 0 Å². The van der Waals surface area contributed by atoms with E-state index < -0.39 is 0 Å². The molecule has 3 rings (SSSR count). The molecular formula is C18H32BNO2S. The molecule has 0 spiro atoms. The minimum atomic E-state index is -0.272. The number of rotatable bonds is 1. The molecule has 1 aliphatic heterocycles. The van der Waals surface area contributed by atoms with Crippen LogP contribution in [-0.4, -0.2) is 23.8 Å². The van der Waals surface area contributed by atoms with Crippen molar-refractivity contribution in [1.82, 2.24) is 4.98 Å². The van der Waals surface area contributed by atoms with Crippen LogP contribution in [0.5, 0.6) is 0 Å². The smallest absolute Gasteiger partial charge is 0.402 e. The van der Waals surface area contributed by atoms with Gasteiger partial charge < -0.3 is 9.31 Å². The standard InChI is InChI=1S/C12H14BNO2S.3C2H6/c1-8-12(2,3)16-13(15-8)9-4-5-11-10(6-9)14-7-17-11;3*1-2/h4-8H,1-3H3;3*1-2H3. The molecule has 0 N–H and O–H groups in total. The van der Waals surface area contributed by atoms with Gasteiger partial charge in [-0.3, -0.25) is 0 Å². The average molecular weight is 337 g/mol. The third-order valence-electron chi connectivity index (χ3n) is 3.34. The number of aromatic nitrogens is 1. The largest absolute Gasteiger partial charge is 0.494 e. The number of fused-ring (bicyclic) bond motifs is 1. The molecule has 3 nitrogen and oxygen atoms in total. The van der Waals surface area contributed by atoms with Crippen molar-refractivity contribution >= 4 is 34.1 Å². The van der Waals surface area contributed by atoms with Gasteiger partial charge in [-0.25, -0.2) is 4.98 Å². The third-order valence-corrected chi connectivity index (χ3v) is 4.15. The first-order valence-electron chi connectivity index (χ1n) is 8.73. The Morgan fingerprint density at radius 2 is 1.70 bits per heavy atom. The van der Waals surface area contributed by atoms with Crippen molar-refractivity contribution in [3.05, 3.63) is 23.7 Å². The number of hydrogen-bond acceptors (Lipinski definition) is 4. The van der Waals surface area contributed by atoms with Crippen LogP contribution in [-0.2, 0) is 9.31 Å². The van der Waals surface area contributed by atoms with Crippen LogP contribution in [0.2, 0.25) is 0 Å². The fourth-order valence-corrected chi connectivity index (χ4v) is 2.58. The highest BCUT2D eigenvalue weighted by atomic mass is 32.1. The summed E-state index contributed by atoms with van der Waals surface area (Å²) in [6.45, 7) is 18.2. The van der Waals surface area contributed by atoms with Crippen LogP contribution in [0.3, 0.4) is 0 Å². The second-order valence-electron chi connectivity index (χ2n) is 4.91. The Morgan fingerprint density at radius 1 is 1.09 bits per heavy atom. The maximum atomic E-state index is 5.93. The lowest BCUT2D eigenvalue weighted by molar-refractivity contribution is 0.0842. The summed E-state index contributed by atoms with van der Waals surface area (Å²) < 4.78 is 13.0. The molecule has 1 fully saturated rings. The summed E-state index contributed by atoms with van der Waals surface area (Å²) in [5.41, 5.74) is 3.68. The summed E-state index contributed by atoms with van der Waals surface area (Å²) in [6.07, 6.45) is 0.0960. The maximum absolute atomic E-state index is 5.93. The molecule has 0 bridgehead atoms. The molecule has 0 aliphatic carbocycles. The van der Waals surface area contributed by atoms with E-state index in [4.69, 9.17) is 9.31 Å². The first kappa shape index (κ1) is 22.1. The Kier molecular flexibility index (Phi) is 10.4. The lowest BCUT2D eigenvalue weighted by atomic mass is 9.79. The van der Waals surface area contributed by atoms with Crippen LogP contribution in [0.4, 0.5) is 0 Å². The van der Waals surface area contributed by atoms with Gasteiger partial charge in [0, 0.05) is 0 Å². The summed E-state index contributed by atoms with van der Waals surface area (Å²) in [5.74, 6) is 0. The van der Waals surface area contributed by atoms with Crippen LogP contribution in [0.25, 0.3) is 10.2 Å². The van der Waals surface area contributed by atoms with Gasteiger partial charge in [0.2, 0.25) is 0 Å². The van der Waals surface area contributed by atoms with E-state index in [0.717, 1.165) is 11.0 Å². The predicted octanol–water partition coefficient (Wildman–Crippen LogP) is 5.28. The highest BCUT2D eigenvalue weighted by Crippen LogP contribution is 2.27. The Morgan fingerprint density at radius 3 is 2.22 bits per heavy atom. The predicted molar refractivity (Wildman–Crippen MR) is 105 cm³/mol. The highest BCUT2D eigenvalue weighted by molar-refractivity contribution is 7.16. The van der Waals surface area contributed by atoms with Crippen molar-refractivity contribution in [2.45, 2.75) is 74.0 Å². The Hall–Kier alpha value is -0.905. The first-order chi connectivity index (χ1) is 11.1. The quantitative estimate of drug-likeness (QED) is 0.663. The van der Waals surface area contributed by atoms with Gasteiger partial charge in [-0.15, -0.1) is 11.3 Å². The minimum Gasteiger partial charge on any atom is -0.402 e. The summed E-state index contributed by atoms with van der Waals surface area (Å²) in [5, 5.41) is 0. The van der Waals surface area contributed by atoms with Crippen molar-refractivity contribution in [1.29, 1.82) is 0 Å². The summed E-state index contributed by atoms with van der Waals surface area (Å²) in [4.78, 5) is 4.31.